The van der Waals surface area contributed by atoms with Crippen molar-refractivity contribution in [3.05, 3.63) is 86.1 Å². The molecule has 0 aliphatic heterocycles. The fraction of sp³-hybridized carbons (Fsp3) is 0.259. The van der Waals surface area contributed by atoms with Crippen molar-refractivity contribution in [2.24, 2.45) is 0 Å². The Hall–Kier alpha value is -6.01. The molecule has 0 unspecified atom stereocenters. The number of carbonyl (C=O) groups excluding carboxylic acids is 3. The zero-order valence-corrected chi connectivity index (χ0v) is 24.8. The summed E-state index contributed by atoms with van der Waals surface area (Å²) in [7, 11) is 2.37. The van der Waals surface area contributed by atoms with Gasteiger partial charge in [0, 0.05) is 13.2 Å². The highest BCUT2D eigenvalue weighted by molar-refractivity contribution is 6.09. The number of anilines is 1. The summed E-state index contributed by atoms with van der Waals surface area (Å²) in [4.78, 5) is 53.0. The van der Waals surface area contributed by atoms with E-state index in [1.54, 1.807) is 19.9 Å². The Kier molecular flexibility index (Phi) is 8.97. The molecule has 0 saturated carbocycles. The maximum atomic E-state index is 13.8. The number of methoxy groups -OCH3 is 1. The van der Waals surface area contributed by atoms with Crippen molar-refractivity contribution in [2.45, 2.75) is 33.5 Å². The molecule has 0 aliphatic carbocycles. The first-order valence-corrected chi connectivity index (χ1v) is 13.1. The van der Waals surface area contributed by atoms with E-state index in [4.69, 9.17) is 0 Å². The van der Waals surface area contributed by atoms with Crippen LogP contribution in [-0.2, 0) is 17.5 Å². The number of nitro groups is 1. The summed E-state index contributed by atoms with van der Waals surface area (Å²) in [5.74, 6) is -2.29. The van der Waals surface area contributed by atoms with Gasteiger partial charge in [0.05, 0.1) is 35.5 Å². The molecule has 0 aliphatic rings. The Morgan fingerprint density at radius 2 is 1.83 bits per heavy atom. The molecule has 4 aromatic rings. The number of aromatic hydroxyl groups is 1. The number of carbonyl (C=O) groups is 3. The summed E-state index contributed by atoms with van der Waals surface area (Å²) in [6, 6.07) is 6.96. The normalized spacial score (nSPS) is 11.2. The number of nitrogens with zero attached hydrogens (tertiary/aromatic N) is 7. The highest BCUT2D eigenvalue weighted by Crippen LogP contribution is 2.37. The molecule has 0 atom stereocenters. The van der Waals surface area contributed by atoms with Gasteiger partial charge in [-0.3, -0.25) is 29.8 Å². The van der Waals surface area contributed by atoms with Crippen LogP contribution in [0.4, 0.5) is 29.3 Å². The standard InChI is InChI=1S/C27H26F3N9O7/c1-13-9-14(2)20(17(10-13)24(41)35-36(4)26(43)46-5)32-25(42)18-11-16(33-38(18)23-19(40)7-6-8-31-23)12-37-15(3)21(39(44)45)22(34-37)27(28,29)30/h6-11,40H,12H2,1-5H3,(H,32,42)(H,35,41). The number of ether oxygens (including phenoxy) is 1. The number of aromatic nitrogens is 5. The molecule has 4 rings (SSSR count). The van der Waals surface area contributed by atoms with Crippen molar-refractivity contribution in [1.29, 1.82) is 0 Å². The van der Waals surface area contributed by atoms with E-state index >= 15 is 0 Å². The molecule has 16 nitrogen and oxygen atoms in total. The number of nitrogens with one attached hydrogen (secondary N) is 2. The van der Waals surface area contributed by atoms with Gasteiger partial charge in [-0.25, -0.2) is 19.5 Å². The molecule has 0 radical (unpaired) electrons. The Bertz CT molecular complexity index is 1870. The van der Waals surface area contributed by atoms with Gasteiger partial charge in [-0.15, -0.1) is 0 Å². The van der Waals surface area contributed by atoms with Crippen LogP contribution in [0, 0.1) is 30.9 Å². The van der Waals surface area contributed by atoms with Crippen molar-refractivity contribution in [1.82, 2.24) is 35.0 Å². The molecule has 19 heteroatoms. The van der Waals surface area contributed by atoms with Gasteiger partial charge in [-0.1, -0.05) is 6.07 Å². The smallest absolute Gasteiger partial charge is 0.442 e. The van der Waals surface area contributed by atoms with Gasteiger partial charge in [0.1, 0.15) is 11.4 Å². The monoisotopic (exact) mass is 645 g/mol. The van der Waals surface area contributed by atoms with Crippen LogP contribution in [0.5, 0.6) is 5.75 Å². The van der Waals surface area contributed by atoms with E-state index in [9.17, 15) is 42.8 Å². The lowest BCUT2D eigenvalue weighted by atomic mass is 10.0. The maximum Gasteiger partial charge on any atom is 0.442 e. The first-order valence-electron chi connectivity index (χ1n) is 13.1. The molecule has 3 heterocycles. The van der Waals surface area contributed by atoms with Crippen molar-refractivity contribution < 1.29 is 42.3 Å². The third-order valence-corrected chi connectivity index (χ3v) is 6.58. The second-order valence-electron chi connectivity index (χ2n) is 9.90. The molecule has 242 valence electrons. The van der Waals surface area contributed by atoms with Gasteiger partial charge in [-0.05, 0) is 56.2 Å². The summed E-state index contributed by atoms with van der Waals surface area (Å²) in [6.07, 6.45) is -4.70. The highest BCUT2D eigenvalue weighted by atomic mass is 19.4. The van der Waals surface area contributed by atoms with Gasteiger partial charge >= 0.3 is 18.0 Å². The first-order chi connectivity index (χ1) is 21.5. The first kappa shape index (κ1) is 32.9. The van der Waals surface area contributed by atoms with Gasteiger partial charge in [0.25, 0.3) is 11.8 Å². The number of hydrazine groups is 1. The van der Waals surface area contributed by atoms with E-state index in [1.807, 2.05) is 0 Å². The lowest BCUT2D eigenvalue weighted by Gasteiger charge is -2.19. The summed E-state index contributed by atoms with van der Waals surface area (Å²) < 4.78 is 46.8. The zero-order valence-electron chi connectivity index (χ0n) is 24.8. The number of halogens is 3. The van der Waals surface area contributed by atoms with Crippen LogP contribution >= 0.6 is 0 Å². The van der Waals surface area contributed by atoms with Crippen molar-refractivity contribution >= 4 is 29.3 Å². The average molecular weight is 646 g/mol. The van der Waals surface area contributed by atoms with Crippen LogP contribution in [-0.4, -0.2) is 71.6 Å². The fourth-order valence-corrected chi connectivity index (χ4v) is 4.52. The Labute approximate surface area is 257 Å². The molecule has 0 bridgehead atoms. The van der Waals surface area contributed by atoms with E-state index < -0.39 is 58.4 Å². The summed E-state index contributed by atoms with van der Waals surface area (Å²) >= 11 is 0. The van der Waals surface area contributed by atoms with Gasteiger partial charge in [0.2, 0.25) is 5.69 Å². The minimum Gasteiger partial charge on any atom is -0.504 e. The number of pyridine rings is 1. The number of rotatable bonds is 7. The minimum absolute atomic E-state index is 0.0345. The van der Waals surface area contributed by atoms with E-state index in [0.29, 0.717) is 11.1 Å². The quantitative estimate of drug-likeness (QED) is 0.197. The van der Waals surface area contributed by atoms with Crippen LogP contribution in [0.3, 0.4) is 0 Å². The third-order valence-electron chi connectivity index (χ3n) is 6.58. The number of hydrogen-bond acceptors (Lipinski definition) is 10. The average Bonchev–Trinajstić information content (AvgIpc) is 3.55. The SMILES string of the molecule is COC(=O)N(C)NC(=O)c1cc(C)cc(C)c1NC(=O)c1cc(Cn2nc(C(F)(F)F)c([N+](=O)[O-])c2C)nn1-c1ncccc1O. The van der Waals surface area contributed by atoms with Crippen LogP contribution < -0.4 is 10.7 Å². The Morgan fingerprint density at radius 3 is 2.41 bits per heavy atom. The van der Waals surface area contributed by atoms with Crippen molar-refractivity contribution in [2.75, 3.05) is 19.5 Å². The molecule has 1 aromatic carbocycles. The Morgan fingerprint density at radius 1 is 1.13 bits per heavy atom. The fourth-order valence-electron chi connectivity index (χ4n) is 4.52. The number of alkyl halides is 3. The molecule has 46 heavy (non-hydrogen) atoms. The number of hydrogen-bond donors (Lipinski definition) is 3. The van der Waals surface area contributed by atoms with Crippen LogP contribution in [0.25, 0.3) is 5.82 Å². The van der Waals surface area contributed by atoms with E-state index in [1.165, 1.54) is 31.4 Å². The zero-order chi connectivity index (χ0) is 34.1. The number of benzene rings is 1. The lowest BCUT2D eigenvalue weighted by Crippen LogP contribution is -2.43. The van der Waals surface area contributed by atoms with Gasteiger partial charge in [-0.2, -0.15) is 23.4 Å². The summed E-state index contributed by atoms with van der Waals surface area (Å²) in [5, 5.41) is 32.9. The van der Waals surface area contributed by atoms with Crippen molar-refractivity contribution in [3.63, 3.8) is 0 Å². The van der Waals surface area contributed by atoms with Crippen LogP contribution in [0.15, 0.2) is 36.5 Å². The molecule has 3 N–H and O–H groups in total. The van der Waals surface area contributed by atoms with Crippen molar-refractivity contribution in [3.8, 4) is 11.6 Å². The van der Waals surface area contributed by atoms with E-state index in [2.05, 4.69) is 30.7 Å². The summed E-state index contributed by atoms with van der Waals surface area (Å²) in [5.41, 5.74) is -0.273. The Balaban J connectivity index is 1.78. The largest absolute Gasteiger partial charge is 0.504 e. The van der Waals surface area contributed by atoms with E-state index in [-0.39, 0.29) is 28.5 Å². The molecular formula is C27H26F3N9O7. The number of aryl methyl sites for hydroxylation is 2. The van der Waals surface area contributed by atoms with Gasteiger partial charge < -0.3 is 15.2 Å². The van der Waals surface area contributed by atoms with E-state index in [0.717, 1.165) is 34.5 Å². The predicted molar refractivity (Wildman–Crippen MR) is 152 cm³/mol. The summed E-state index contributed by atoms with van der Waals surface area (Å²) in [6.45, 7) is 3.86. The topological polar surface area (TPSA) is 200 Å². The molecule has 0 saturated heterocycles. The number of amides is 3. The molecule has 0 spiro atoms. The minimum atomic E-state index is -5.12. The predicted octanol–water partition coefficient (Wildman–Crippen LogP) is 3.67. The van der Waals surface area contributed by atoms with Crippen LogP contribution in [0.2, 0.25) is 0 Å². The highest BCUT2D eigenvalue weighted by Gasteiger charge is 2.44. The van der Waals surface area contributed by atoms with Gasteiger partial charge in [0.15, 0.2) is 11.6 Å². The second kappa shape index (κ2) is 12.5. The lowest BCUT2D eigenvalue weighted by molar-refractivity contribution is -0.388. The third kappa shape index (κ3) is 6.56. The van der Waals surface area contributed by atoms with Crippen LogP contribution in [0.1, 0.15) is 49.1 Å². The molecule has 3 aromatic heterocycles. The molecule has 3 amide bonds. The molecule has 0 fully saturated rings. The maximum absolute atomic E-state index is 13.8. The molecular weight excluding hydrogens is 619 g/mol. The second-order valence-corrected chi connectivity index (χ2v) is 9.90.